The standard InChI is InChI=1S/C8H9N3O3/c12-6-5(3-9-4-1-2-4)7(13)11-8(14)10-6/h3-4H,1-2H2,(H3,10,11,12,13,14). The molecular formula is C8H9N3O3. The molecule has 0 radical (unpaired) electrons. The number of hydrogen-bond donors (Lipinski definition) is 3. The second kappa shape index (κ2) is 3.13. The summed E-state index contributed by atoms with van der Waals surface area (Å²) in [6, 6.07) is 0.265. The summed E-state index contributed by atoms with van der Waals surface area (Å²) in [7, 11) is 0. The summed E-state index contributed by atoms with van der Waals surface area (Å²) in [4.78, 5) is 30.0. The Morgan fingerprint density at radius 2 is 2.07 bits per heavy atom. The molecule has 6 heteroatoms. The molecule has 14 heavy (non-hydrogen) atoms. The van der Waals surface area contributed by atoms with Crippen LogP contribution in [-0.2, 0) is 0 Å². The van der Waals surface area contributed by atoms with E-state index in [0.717, 1.165) is 12.8 Å². The van der Waals surface area contributed by atoms with Crippen molar-refractivity contribution in [2.24, 2.45) is 4.99 Å². The number of rotatable bonds is 2. The minimum absolute atomic E-state index is 0.00324. The fourth-order valence-electron chi connectivity index (χ4n) is 1.01. The van der Waals surface area contributed by atoms with Crippen LogP contribution in [0.5, 0.6) is 5.88 Å². The van der Waals surface area contributed by atoms with Crippen molar-refractivity contribution in [1.29, 1.82) is 0 Å². The molecule has 3 N–H and O–H groups in total. The van der Waals surface area contributed by atoms with E-state index in [4.69, 9.17) is 0 Å². The molecule has 0 unspecified atom stereocenters. The summed E-state index contributed by atoms with van der Waals surface area (Å²) in [5.74, 6) is -0.442. The third-order valence-corrected chi connectivity index (χ3v) is 1.92. The zero-order valence-corrected chi connectivity index (χ0v) is 7.28. The van der Waals surface area contributed by atoms with Gasteiger partial charge in [0.05, 0.1) is 6.04 Å². The maximum atomic E-state index is 11.2. The lowest BCUT2D eigenvalue weighted by molar-refractivity contribution is 0.447. The van der Waals surface area contributed by atoms with Crippen molar-refractivity contribution >= 4 is 6.21 Å². The van der Waals surface area contributed by atoms with Crippen LogP contribution in [0, 0.1) is 0 Å². The normalized spacial score (nSPS) is 16.3. The summed E-state index contributed by atoms with van der Waals surface area (Å²) in [5, 5.41) is 9.24. The van der Waals surface area contributed by atoms with Gasteiger partial charge in [-0.15, -0.1) is 0 Å². The van der Waals surface area contributed by atoms with Crippen molar-refractivity contribution in [3.05, 3.63) is 26.4 Å². The molecule has 1 fully saturated rings. The van der Waals surface area contributed by atoms with Gasteiger partial charge in [0.1, 0.15) is 5.56 Å². The summed E-state index contributed by atoms with van der Waals surface area (Å²) >= 11 is 0. The van der Waals surface area contributed by atoms with E-state index in [2.05, 4.69) is 9.98 Å². The van der Waals surface area contributed by atoms with Crippen LogP contribution in [0.15, 0.2) is 14.6 Å². The van der Waals surface area contributed by atoms with Crippen LogP contribution in [-0.4, -0.2) is 27.3 Å². The Labute approximate surface area is 78.3 Å². The maximum Gasteiger partial charge on any atom is 0.328 e. The van der Waals surface area contributed by atoms with Crippen molar-refractivity contribution in [1.82, 2.24) is 9.97 Å². The quantitative estimate of drug-likeness (QED) is 0.547. The Morgan fingerprint density at radius 1 is 1.36 bits per heavy atom. The van der Waals surface area contributed by atoms with E-state index in [9.17, 15) is 14.7 Å². The van der Waals surface area contributed by atoms with Crippen molar-refractivity contribution in [3.8, 4) is 5.88 Å². The SMILES string of the molecule is O=c1[nH]c(O)c(C=NC2CC2)c(=O)[nH]1. The third-order valence-electron chi connectivity index (χ3n) is 1.92. The van der Waals surface area contributed by atoms with Gasteiger partial charge in [0, 0.05) is 6.21 Å². The number of aliphatic imine (C=N–C) groups is 1. The van der Waals surface area contributed by atoms with E-state index < -0.39 is 17.1 Å². The molecule has 1 heterocycles. The fraction of sp³-hybridized carbons (Fsp3) is 0.375. The van der Waals surface area contributed by atoms with E-state index in [1.807, 2.05) is 4.98 Å². The van der Waals surface area contributed by atoms with Gasteiger partial charge < -0.3 is 5.11 Å². The van der Waals surface area contributed by atoms with Crippen LogP contribution >= 0.6 is 0 Å². The highest BCUT2D eigenvalue weighted by atomic mass is 16.3. The van der Waals surface area contributed by atoms with Crippen LogP contribution in [0.2, 0.25) is 0 Å². The second-order valence-electron chi connectivity index (χ2n) is 3.18. The Hall–Kier alpha value is -1.85. The number of H-pyrrole nitrogens is 2. The molecule has 0 bridgehead atoms. The average Bonchev–Trinajstić information content (AvgIpc) is 2.85. The molecule has 0 atom stereocenters. The Kier molecular flexibility index (Phi) is 1.95. The molecule has 1 aliphatic carbocycles. The van der Waals surface area contributed by atoms with Crippen molar-refractivity contribution < 1.29 is 5.11 Å². The third kappa shape index (κ3) is 1.73. The lowest BCUT2D eigenvalue weighted by Crippen LogP contribution is -2.24. The summed E-state index contributed by atoms with van der Waals surface area (Å²) < 4.78 is 0. The maximum absolute atomic E-state index is 11.2. The van der Waals surface area contributed by atoms with E-state index in [0.29, 0.717) is 0 Å². The number of hydrogen-bond acceptors (Lipinski definition) is 4. The molecule has 0 aromatic carbocycles. The lowest BCUT2D eigenvalue weighted by atomic mass is 10.3. The Morgan fingerprint density at radius 3 is 2.64 bits per heavy atom. The van der Waals surface area contributed by atoms with E-state index in [1.165, 1.54) is 6.21 Å². The molecule has 74 valence electrons. The predicted molar refractivity (Wildman–Crippen MR) is 50.0 cm³/mol. The number of nitrogens with one attached hydrogen (secondary N) is 2. The second-order valence-corrected chi connectivity index (χ2v) is 3.18. The van der Waals surface area contributed by atoms with Gasteiger partial charge in [0.15, 0.2) is 0 Å². The molecule has 1 aromatic heterocycles. The average molecular weight is 195 g/mol. The number of aromatic hydroxyl groups is 1. The van der Waals surface area contributed by atoms with Gasteiger partial charge in [-0.05, 0) is 12.8 Å². The van der Waals surface area contributed by atoms with Crippen LogP contribution in [0.4, 0.5) is 0 Å². The fourth-order valence-corrected chi connectivity index (χ4v) is 1.01. The van der Waals surface area contributed by atoms with Gasteiger partial charge in [0.2, 0.25) is 5.88 Å². The van der Waals surface area contributed by atoms with Crippen LogP contribution in [0.25, 0.3) is 0 Å². The van der Waals surface area contributed by atoms with E-state index >= 15 is 0 Å². The largest absolute Gasteiger partial charge is 0.494 e. The van der Waals surface area contributed by atoms with Gasteiger partial charge in [-0.3, -0.25) is 19.8 Å². The van der Waals surface area contributed by atoms with Gasteiger partial charge in [-0.2, -0.15) is 0 Å². The first-order chi connectivity index (χ1) is 6.66. The molecule has 0 saturated heterocycles. The smallest absolute Gasteiger partial charge is 0.328 e. The Balaban J connectivity index is 2.41. The van der Waals surface area contributed by atoms with Gasteiger partial charge in [-0.25, -0.2) is 4.79 Å². The summed E-state index contributed by atoms with van der Waals surface area (Å²) in [6.07, 6.45) is 3.32. The molecule has 1 aliphatic rings. The van der Waals surface area contributed by atoms with Crippen LogP contribution < -0.4 is 11.2 Å². The highest BCUT2D eigenvalue weighted by Crippen LogP contribution is 2.23. The van der Waals surface area contributed by atoms with Crippen LogP contribution in [0.1, 0.15) is 18.4 Å². The number of nitrogens with zero attached hydrogens (tertiary/aromatic N) is 1. The van der Waals surface area contributed by atoms with E-state index in [-0.39, 0.29) is 11.6 Å². The molecule has 2 rings (SSSR count). The van der Waals surface area contributed by atoms with Gasteiger partial charge >= 0.3 is 5.69 Å². The van der Waals surface area contributed by atoms with E-state index in [1.54, 1.807) is 0 Å². The monoisotopic (exact) mass is 195 g/mol. The summed E-state index contributed by atoms with van der Waals surface area (Å²) in [5.41, 5.74) is -1.36. The summed E-state index contributed by atoms with van der Waals surface area (Å²) in [6.45, 7) is 0. The number of aromatic amines is 2. The van der Waals surface area contributed by atoms with Crippen molar-refractivity contribution in [2.75, 3.05) is 0 Å². The predicted octanol–water partition coefficient (Wildman–Crippen LogP) is -0.650. The molecular weight excluding hydrogens is 186 g/mol. The molecule has 6 nitrogen and oxygen atoms in total. The van der Waals surface area contributed by atoms with Gasteiger partial charge in [-0.1, -0.05) is 0 Å². The molecule has 0 amide bonds. The molecule has 1 aromatic rings. The molecule has 0 aliphatic heterocycles. The van der Waals surface area contributed by atoms with Crippen molar-refractivity contribution in [2.45, 2.75) is 18.9 Å². The topological polar surface area (TPSA) is 98.3 Å². The first-order valence-electron chi connectivity index (χ1n) is 4.25. The van der Waals surface area contributed by atoms with Crippen molar-refractivity contribution in [3.63, 3.8) is 0 Å². The zero-order valence-electron chi connectivity index (χ0n) is 7.28. The first kappa shape index (κ1) is 8.74. The minimum atomic E-state index is -0.726. The first-order valence-corrected chi connectivity index (χ1v) is 4.25. The van der Waals surface area contributed by atoms with Crippen LogP contribution in [0.3, 0.4) is 0 Å². The molecule has 1 saturated carbocycles. The van der Waals surface area contributed by atoms with Gasteiger partial charge in [0.25, 0.3) is 5.56 Å². The molecule has 0 spiro atoms. The lowest BCUT2D eigenvalue weighted by Gasteiger charge is -1.94. The Bertz CT molecular complexity index is 481. The minimum Gasteiger partial charge on any atom is -0.494 e. The highest BCUT2D eigenvalue weighted by Gasteiger charge is 2.19. The highest BCUT2D eigenvalue weighted by molar-refractivity contribution is 5.81. The zero-order chi connectivity index (χ0) is 10.1. The number of aromatic nitrogens is 2.